The maximum atomic E-state index is 12.2. The Morgan fingerprint density at radius 1 is 1.45 bits per heavy atom. The zero-order valence-corrected chi connectivity index (χ0v) is 11.9. The molecule has 0 unspecified atom stereocenters. The molecule has 2 fully saturated rings. The van der Waals surface area contributed by atoms with Crippen LogP contribution in [0.3, 0.4) is 0 Å². The van der Waals surface area contributed by atoms with E-state index in [0.29, 0.717) is 13.2 Å². The van der Waals surface area contributed by atoms with E-state index >= 15 is 0 Å². The van der Waals surface area contributed by atoms with Gasteiger partial charge < -0.3 is 9.47 Å². The molecule has 0 aliphatic carbocycles. The van der Waals surface area contributed by atoms with E-state index < -0.39 is 5.60 Å². The summed E-state index contributed by atoms with van der Waals surface area (Å²) in [6.45, 7) is 3.06. The monoisotopic (exact) mass is 275 g/mol. The molecule has 108 valence electrons. The van der Waals surface area contributed by atoms with Gasteiger partial charge in [-0.25, -0.2) is 4.79 Å². The van der Waals surface area contributed by atoms with Gasteiger partial charge in [-0.05, 0) is 18.4 Å². The number of rotatable bonds is 3. The molecule has 2 saturated heterocycles. The number of esters is 1. The third-order valence-electron chi connectivity index (χ3n) is 4.43. The molecule has 1 aromatic carbocycles. The molecule has 0 radical (unpaired) electrons. The summed E-state index contributed by atoms with van der Waals surface area (Å²) in [4.78, 5) is 14.5. The zero-order chi connectivity index (χ0) is 14.0. The summed E-state index contributed by atoms with van der Waals surface area (Å²) in [5.74, 6) is 0.0465. The maximum Gasteiger partial charge on any atom is 0.339 e. The Morgan fingerprint density at radius 3 is 3.00 bits per heavy atom. The summed E-state index contributed by atoms with van der Waals surface area (Å²) in [5, 5.41) is 0. The number of methoxy groups -OCH3 is 1. The molecule has 4 nitrogen and oxygen atoms in total. The van der Waals surface area contributed by atoms with Crippen LogP contribution in [0.1, 0.15) is 18.4 Å². The Bertz CT molecular complexity index is 476. The van der Waals surface area contributed by atoms with Gasteiger partial charge in [0.25, 0.3) is 0 Å². The minimum absolute atomic E-state index is 0.210. The molecule has 3 rings (SSSR count). The van der Waals surface area contributed by atoms with Crippen LogP contribution >= 0.6 is 0 Å². The van der Waals surface area contributed by atoms with Crippen LogP contribution in [0.25, 0.3) is 0 Å². The van der Waals surface area contributed by atoms with Crippen molar-refractivity contribution >= 4 is 5.97 Å². The van der Waals surface area contributed by atoms with Gasteiger partial charge >= 0.3 is 5.97 Å². The van der Waals surface area contributed by atoms with Gasteiger partial charge in [-0.1, -0.05) is 30.3 Å². The molecule has 20 heavy (non-hydrogen) atoms. The summed E-state index contributed by atoms with van der Waals surface area (Å²) in [6.07, 6.45) is 2.07. The first-order valence-corrected chi connectivity index (χ1v) is 7.23. The first kappa shape index (κ1) is 13.6. The molecule has 0 N–H and O–H groups in total. The Kier molecular flexibility index (Phi) is 3.76. The summed E-state index contributed by atoms with van der Waals surface area (Å²) < 4.78 is 10.9. The van der Waals surface area contributed by atoms with Gasteiger partial charge in [0.2, 0.25) is 0 Å². The predicted molar refractivity (Wildman–Crippen MR) is 75.1 cm³/mol. The van der Waals surface area contributed by atoms with Gasteiger partial charge in [0, 0.05) is 32.2 Å². The molecule has 0 aromatic heterocycles. The van der Waals surface area contributed by atoms with Crippen molar-refractivity contribution in [2.24, 2.45) is 5.92 Å². The highest BCUT2D eigenvalue weighted by molar-refractivity contribution is 5.81. The van der Waals surface area contributed by atoms with E-state index in [2.05, 4.69) is 17.0 Å². The third-order valence-corrected chi connectivity index (χ3v) is 4.43. The van der Waals surface area contributed by atoms with Crippen molar-refractivity contribution in [3.05, 3.63) is 35.9 Å². The summed E-state index contributed by atoms with van der Waals surface area (Å²) in [5.41, 5.74) is 0.535. The maximum absolute atomic E-state index is 12.2. The quantitative estimate of drug-likeness (QED) is 0.789. The molecule has 0 bridgehead atoms. The summed E-state index contributed by atoms with van der Waals surface area (Å²) in [6, 6.07) is 10.4. The van der Waals surface area contributed by atoms with Crippen molar-refractivity contribution in [1.82, 2.24) is 4.90 Å². The van der Waals surface area contributed by atoms with E-state index in [1.54, 1.807) is 0 Å². The van der Waals surface area contributed by atoms with Crippen LogP contribution < -0.4 is 0 Å². The second-order valence-corrected chi connectivity index (χ2v) is 5.72. The highest BCUT2D eigenvalue weighted by Gasteiger charge is 2.55. The normalized spacial score (nSPS) is 29.9. The van der Waals surface area contributed by atoms with Gasteiger partial charge in [0.05, 0.1) is 7.11 Å². The fourth-order valence-electron chi connectivity index (χ4n) is 3.48. The van der Waals surface area contributed by atoms with E-state index in [-0.39, 0.29) is 11.9 Å². The molecule has 2 aliphatic rings. The van der Waals surface area contributed by atoms with Crippen LogP contribution in [-0.2, 0) is 20.8 Å². The topological polar surface area (TPSA) is 38.8 Å². The molecule has 2 heterocycles. The first-order chi connectivity index (χ1) is 9.74. The Labute approximate surface area is 119 Å². The molecular weight excluding hydrogens is 254 g/mol. The highest BCUT2D eigenvalue weighted by atomic mass is 16.6. The minimum Gasteiger partial charge on any atom is -0.467 e. The minimum atomic E-state index is -0.734. The smallest absolute Gasteiger partial charge is 0.339 e. The number of likely N-dealkylation sites (tertiary alicyclic amines) is 1. The lowest BCUT2D eigenvalue weighted by Gasteiger charge is -2.35. The van der Waals surface area contributed by atoms with E-state index in [1.807, 2.05) is 18.2 Å². The number of carbonyl (C=O) groups is 1. The number of carbonyl (C=O) groups excluding carboxylic acids is 1. The van der Waals surface area contributed by atoms with Crippen molar-refractivity contribution in [2.75, 3.05) is 26.8 Å². The SMILES string of the molecule is COC(=O)[C@@]12CN(Cc3ccccc3)C[C@@H]1CCCO2. The van der Waals surface area contributed by atoms with Crippen LogP contribution in [-0.4, -0.2) is 43.3 Å². The van der Waals surface area contributed by atoms with E-state index in [9.17, 15) is 4.79 Å². The fourth-order valence-corrected chi connectivity index (χ4v) is 3.48. The molecule has 2 aliphatic heterocycles. The average Bonchev–Trinajstić information content (AvgIpc) is 2.86. The highest BCUT2D eigenvalue weighted by Crippen LogP contribution is 2.39. The van der Waals surface area contributed by atoms with E-state index in [1.165, 1.54) is 12.7 Å². The Balaban J connectivity index is 1.76. The van der Waals surface area contributed by atoms with Gasteiger partial charge in [0.15, 0.2) is 5.60 Å². The van der Waals surface area contributed by atoms with Gasteiger partial charge in [-0.2, -0.15) is 0 Å². The van der Waals surface area contributed by atoms with Gasteiger partial charge in [0.1, 0.15) is 0 Å². The Morgan fingerprint density at radius 2 is 2.25 bits per heavy atom. The van der Waals surface area contributed by atoms with Crippen molar-refractivity contribution in [2.45, 2.75) is 25.0 Å². The summed E-state index contributed by atoms with van der Waals surface area (Å²) in [7, 11) is 1.45. The number of benzene rings is 1. The van der Waals surface area contributed by atoms with Crippen molar-refractivity contribution in [1.29, 1.82) is 0 Å². The molecule has 4 heteroatoms. The lowest BCUT2D eigenvalue weighted by molar-refractivity contribution is -0.179. The van der Waals surface area contributed by atoms with Crippen LogP contribution in [0, 0.1) is 5.92 Å². The average molecular weight is 275 g/mol. The lowest BCUT2D eigenvalue weighted by Crippen LogP contribution is -2.52. The van der Waals surface area contributed by atoms with E-state index in [0.717, 1.165) is 25.9 Å². The molecular formula is C16H21NO3. The molecule has 1 aromatic rings. The first-order valence-electron chi connectivity index (χ1n) is 7.23. The number of hydrogen-bond acceptors (Lipinski definition) is 4. The Hall–Kier alpha value is -1.39. The third kappa shape index (κ3) is 2.34. The number of fused-ring (bicyclic) bond motifs is 1. The van der Waals surface area contributed by atoms with Crippen molar-refractivity contribution in [3.63, 3.8) is 0 Å². The van der Waals surface area contributed by atoms with Crippen LogP contribution in [0.15, 0.2) is 30.3 Å². The molecule has 0 amide bonds. The molecule has 2 atom stereocenters. The second kappa shape index (κ2) is 5.54. The summed E-state index contributed by atoms with van der Waals surface area (Å²) >= 11 is 0. The van der Waals surface area contributed by atoms with E-state index in [4.69, 9.17) is 9.47 Å². The second-order valence-electron chi connectivity index (χ2n) is 5.72. The van der Waals surface area contributed by atoms with Crippen LogP contribution in [0.5, 0.6) is 0 Å². The van der Waals surface area contributed by atoms with Crippen molar-refractivity contribution in [3.8, 4) is 0 Å². The van der Waals surface area contributed by atoms with Gasteiger partial charge in [-0.15, -0.1) is 0 Å². The predicted octanol–water partition coefficient (Wildman–Crippen LogP) is 1.84. The molecule has 0 saturated carbocycles. The van der Waals surface area contributed by atoms with Crippen LogP contribution in [0.2, 0.25) is 0 Å². The fraction of sp³-hybridized carbons (Fsp3) is 0.562. The standard InChI is InChI=1S/C16H21NO3/c1-19-15(18)16-12-17(10-13-6-3-2-4-7-13)11-14(16)8-5-9-20-16/h2-4,6-7,14H,5,8-12H2,1H3/t14-,16+/m0/s1. The molecule has 0 spiro atoms. The number of nitrogens with zero attached hydrogens (tertiary/aromatic N) is 1. The van der Waals surface area contributed by atoms with Crippen molar-refractivity contribution < 1.29 is 14.3 Å². The number of ether oxygens (including phenoxy) is 2. The van der Waals surface area contributed by atoms with Gasteiger partial charge in [-0.3, -0.25) is 4.90 Å². The lowest BCUT2D eigenvalue weighted by atomic mass is 9.85. The number of hydrogen-bond donors (Lipinski definition) is 0. The largest absolute Gasteiger partial charge is 0.467 e. The van der Waals surface area contributed by atoms with Crippen LogP contribution in [0.4, 0.5) is 0 Å². The zero-order valence-electron chi connectivity index (χ0n) is 11.9.